The SMILES string of the molecule is O=C(Nc1ncnc2[nH]ncc12)c1ccc(CN2C(=O)c3sccc3CC(=O)C2Cc2ccccn2)cc1Cl. The highest BCUT2D eigenvalue weighted by Crippen LogP contribution is 2.29. The molecule has 1 aliphatic heterocycles. The molecule has 12 heteroatoms. The average molecular weight is 558 g/mol. The highest BCUT2D eigenvalue weighted by Gasteiger charge is 2.36. The normalized spacial score (nSPS) is 15.3. The monoisotopic (exact) mass is 557 g/mol. The van der Waals surface area contributed by atoms with E-state index >= 15 is 0 Å². The summed E-state index contributed by atoms with van der Waals surface area (Å²) in [5.74, 6) is -0.414. The standard InChI is InChI=1S/C27H20ClN7O3S/c28-20-9-15(4-5-18(20)26(37)33-24-19-12-32-34-25(19)31-14-30-24)13-35-21(11-17-3-1-2-7-29-17)22(36)10-16-6-8-39-23(16)27(35)38/h1-9,12,14,21H,10-11,13H2,(H2,30,31,32,33,34,37). The van der Waals surface area contributed by atoms with E-state index in [4.69, 9.17) is 11.6 Å². The van der Waals surface area contributed by atoms with Crippen molar-refractivity contribution in [3.8, 4) is 0 Å². The predicted molar refractivity (Wildman–Crippen MR) is 146 cm³/mol. The number of pyridine rings is 1. The first-order valence-electron chi connectivity index (χ1n) is 12.0. The van der Waals surface area contributed by atoms with Gasteiger partial charge in [0.2, 0.25) is 0 Å². The molecule has 0 saturated carbocycles. The number of rotatable bonds is 6. The molecule has 0 saturated heterocycles. The van der Waals surface area contributed by atoms with Crippen LogP contribution in [0.1, 0.15) is 36.9 Å². The fraction of sp³-hybridized carbons (Fsp3) is 0.148. The minimum atomic E-state index is -0.691. The van der Waals surface area contributed by atoms with E-state index in [-0.39, 0.29) is 35.2 Å². The quantitative estimate of drug-likeness (QED) is 0.321. The van der Waals surface area contributed by atoms with Crippen molar-refractivity contribution in [2.45, 2.75) is 25.4 Å². The number of Topliss-reactive ketones (excluding diaryl/α,β-unsaturated/α-hetero) is 1. The Balaban J connectivity index is 1.27. The number of ketones is 1. The zero-order valence-electron chi connectivity index (χ0n) is 20.3. The third-order valence-electron chi connectivity index (χ3n) is 6.55. The lowest BCUT2D eigenvalue weighted by Gasteiger charge is -2.29. The number of amides is 2. The lowest BCUT2D eigenvalue weighted by molar-refractivity contribution is -0.122. The number of thiophene rings is 1. The van der Waals surface area contributed by atoms with Crippen molar-refractivity contribution in [1.82, 2.24) is 30.0 Å². The zero-order chi connectivity index (χ0) is 26.9. The van der Waals surface area contributed by atoms with Crippen molar-refractivity contribution in [2.75, 3.05) is 5.32 Å². The van der Waals surface area contributed by atoms with Gasteiger partial charge in [-0.2, -0.15) is 5.10 Å². The molecule has 1 unspecified atom stereocenters. The van der Waals surface area contributed by atoms with E-state index in [1.165, 1.54) is 23.9 Å². The minimum Gasteiger partial charge on any atom is -0.323 e. The average Bonchev–Trinajstić information content (AvgIpc) is 3.59. The number of carbonyl (C=O) groups is 3. The maximum atomic E-state index is 13.6. The third kappa shape index (κ3) is 4.89. The van der Waals surface area contributed by atoms with Gasteiger partial charge in [0, 0.05) is 31.3 Å². The highest BCUT2D eigenvalue weighted by atomic mass is 35.5. The summed E-state index contributed by atoms with van der Waals surface area (Å²) in [4.78, 5) is 54.7. The van der Waals surface area contributed by atoms with Crippen LogP contribution in [0.5, 0.6) is 0 Å². The molecule has 6 rings (SSSR count). The Morgan fingerprint density at radius 3 is 2.87 bits per heavy atom. The summed E-state index contributed by atoms with van der Waals surface area (Å²) in [5, 5.41) is 12.0. The third-order valence-corrected chi connectivity index (χ3v) is 7.81. The van der Waals surface area contributed by atoms with E-state index in [0.717, 1.165) is 11.3 Å². The number of halogens is 1. The van der Waals surface area contributed by atoms with Gasteiger partial charge >= 0.3 is 0 Å². The van der Waals surface area contributed by atoms with E-state index in [1.807, 2.05) is 23.6 Å². The Morgan fingerprint density at radius 2 is 2.05 bits per heavy atom. The number of anilines is 1. The first-order valence-corrected chi connectivity index (χ1v) is 13.3. The summed E-state index contributed by atoms with van der Waals surface area (Å²) in [6.07, 6.45) is 5.00. The van der Waals surface area contributed by atoms with Crippen molar-refractivity contribution in [2.24, 2.45) is 0 Å². The molecule has 5 aromatic rings. The second-order valence-electron chi connectivity index (χ2n) is 9.01. The number of fused-ring (bicyclic) bond motifs is 2. The van der Waals surface area contributed by atoms with Crippen LogP contribution < -0.4 is 5.32 Å². The second kappa shape index (κ2) is 10.4. The molecule has 2 N–H and O–H groups in total. The van der Waals surface area contributed by atoms with Gasteiger partial charge in [-0.15, -0.1) is 11.3 Å². The highest BCUT2D eigenvalue weighted by molar-refractivity contribution is 7.12. The molecule has 1 aliphatic rings. The largest absolute Gasteiger partial charge is 0.323 e. The van der Waals surface area contributed by atoms with Gasteiger partial charge in [-0.1, -0.05) is 23.7 Å². The number of nitrogens with zero attached hydrogens (tertiary/aromatic N) is 5. The van der Waals surface area contributed by atoms with Crippen LogP contribution in [0.4, 0.5) is 5.82 Å². The number of nitrogens with one attached hydrogen (secondary N) is 2. The van der Waals surface area contributed by atoms with Crippen LogP contribution in [0.2, 0.25) is 5.02 Å². The molecule has 0 aliphatic carbocycles. The van der Waals surface area contributed by atoms with Gasteiger partial charge in [-0.25, -0.2) is 9.97 Å². The number of hydrogen-bond acceptors (Lipinski definition) is 8. The fourth-order valence-electron chi connectivity index (χ4n) is 4.61. The number of aromatic amines is 1. The van der Waals surface area contributed by atoms with Gasteiger partial charge in [0.1, 0.15) is 12.1 Å². The summed E-state index contributed by atoms with van der Waals surface area (Å²) >= 11 is 7.87. The van der Waals surface area contributed by atoms with Crippen LogP contribution in [0.25, 0.3) is 11.0 Å². The molecule has 0 fully saturated rings. The van der Waals surface area contributed by atoms with E-state index in [1.54, 1.807) is 35.4 Å². The second-order valence-corrected chi connectivity index (χ2v) is 10.3. The molecule has 2 amide bonds. The van der Waals surface area contributed by atoms with Gasteiger partial charge in [-0.05, 0) is 46.8 Å². The van der Waals surface area contributed by atoms with E-state index < -0.39 is 11.9 Å². The lowest BCUT2D eigenvalue weighted by atomic mass is 10.0. The number of aromatic nitrogens is 5. The molecule has 0 spiro atoms. The molecular weight excluding hydrogens is 538 g/mol. The number of benzene rings is 1. The molecule has 1 atom stereocenters. The van der Waals surface area contributed by atoms with E-state index in [0.29, 0.717) is 33.7 Å². The first-order chi connectivity index (χ1) is 19.0. The Bertz CT molecular complexity index is 1720. The van der Waals surface area contributed by atoms with Crippen LogP contribution in [-0.4, -0.2) is 53.7 Å². The maximum absolute atomic E-state index is 13.6. The van der Waals surface area contributed by atoms with Gasteiger partial charge in [0.05, 0.1) is 33.1 Å². The molecule has 5 heterocycles. The van der Waals surface area contributed by atoms with Crippen molar-refractivity contribution in [1.29, 1.82) is 0 Å². The molecule has 10 nitrogen and oxygen atoms in total. The molecule has 0 radical (unpaired) electrons. The smallest absolute Gasteiger partial charge is 0.265 e. The summed E-state index contributed by atoms with van der Waals surface area (Å²) in [6, 6.07) is 11.6. The van der Waals surface area contributed by atoms with Crippen LogP contribution >= 0.6 is 22.9 Å². The number of H-pyrrole nitrogens is 1. The van der Waals surface area contributed by atoms with Gasteiger partial charge in [0.25, 0.3) is 11.8 Å². The van der Waals surface area contributed by atoms with Crippen LogP contribution in [0.15, 0.2) is 66.6 Å². The fourth-order valence-corrected chi connectivity index (χ4v) is 5.78. The van der Waals surface area contributed by atoms with Crippen molar-refractivity contribution < 1.29 is 14.4 Å². The van der Waals surface area contributed by atoms with Crippen molar-refractivity contribution >= 4 is 57.4 Å². The molecule has 0 bridgehead atoms. The summed E-state index contributed by atoms with van der Waals surface area (Å²) in [6.45, 7) is 0.141. The molecule has 4 aromatic heterocycles. The van der Waals surface area contributed by atoms with Crippen LogP contribution in [0.3, 0.4) is 0 Å². The van der Waals surface area contributed by atoms with E-state index in [9.17, 15) is 14.4 Å². The van der Waals surface area contributed by atoms with Gasteiger partial charge in [0.15, 0.2) is 11.4 Å². The predicted octanol–water partition coefficient (Wildman–Crippen LogP) is 4.09. The summed E-state index contributed by atoms with van der Waals surface area (Å²) < 4.78 is 0. The number of hydrogen-bond donors (Lipinski definition) is 2. The lowest BCUT2D eigenvalue weighted by Crippen LogP contribution is -2.44. The molecule has 1 aromatic carbocycles. The maximum Gasteiger partial charge on any atom is 0.265 e. The van der Waals surface area contributed by atoms with Crippen molar-refractivity contribution in [3.63, 3.8) is 0 Å². The summed E-state index contributed by atoms with van der Waals surface area (Å²) in [7, 11) is 0. The Hall–Kier alpha value is -4.48. The van der Waals surface area contributed by atoms with Crippen molar-refractivity contribution in [3.05, 3.63) is 98.8 Å². The Kier molecular flexibility index (Phi) is 6.59. The van der Waals surface area contributed by atoms with Gasteiger partial charge < -0.3 is 10.2 Å². The molecule has 39 heavy (non-hydrogen) atoms. The minimum absolute atomic E-state index is 0.0522. The van der Waals surface area contributed by atoms with Gasteiger partial charge in [-0.3, -0.25) is 24.5 Å². The first kappa shape index (κ1) is 24.8. The van der Waals surface area contributed by atoms with Crippen LogP contribution in [-0.2, 0) is 24.2 Å². The number of carbonyl (C=O) groups excluding carboxylic acids is 3. The summed E-state index contributed by atoms with van der Waals surface area (Å²) in [5.41, 5.74) is 2.88. The Labute approximate surface area is 231 Å². The molecule has 194 valence electrons. The Morgan fingerprint density at radius 1 is 1.15 bits per heavy atom. The van der Waals surface area contributed by atoms with Crippen LogP contribution in [0, 0.1) is 0 Å². The topological polar surface area (TPSA) is 134 Å². The van der Waals surface area contributed by atoms with E-state index in [2.05, 4.69) is 30.5 Å². The molecular formula is C27H20ClN7O3S. The zero-order valence-corrected chi connectivity index (χ0v) is 21.9.